The quantitative estimate of drug-likeness (QED) is 0.749. The first kappa shape index (κ1) is 17.0. The largest absolute Gasteiger partial charge is 0.481 e. The van der Waals surface area contributed by atoms with Crippen molar-refractivity contribution < 1.29 is 14.7 Å². The lowest BCUT2D eigenvalue weighted by Crippen LogP contribution is -2.48. The second kappa shape index (κ2) is 7.62. The van der Waals surface area contributed by atoms with Crippen molar-refractivity contribution in [1.29, 1.82) is 0 Å². The van der Waals surface area contributed by atoms with Crippen molar-refractivity contribution >= 4 is 11.9 Å². The van der Waals surface area contributed by atoms with E-state index in [0.29, 0.717) is 12.5 Å². The predicted molar refractivity (Wildman–Crippen MR) is 78.5 cm³/mol. The van der Waals surface area contributed by atoms with Crippen molar-refractivity contribution in [2.24, 2.45) is 5.92 Å². The minimum Gasteiger partial charge on any atom is -0.481 e. The molecule has 1 amide bonds. The molecule has 0 aromatic carbocycles. The molecule has 1 heterocycles. The van der Waals surface area contributed by atoms with Crippen LogP contribution in [0.3, 0.4) is 0 Å². The number of rotatable bonds is 7. The van der Waals surface area contributed by atoms with Crippen LogP contribution in [-0.2, 0) is 9.59 Å². The molecule has 0 aliphatic carbocycles. The zero-order valence-electron chi connectivity index (χ0n) is 12.9. The van der Waals surface area contributed by atoms with Crippen LogP contribution in [0, 0.1) is 5.92 Å². The van der Waals surface area contributed by atoms with Gasteiger partial charge in [0.25, 0.3) is 0 Å². The normalized spacial score (nSPS) is 17.9. The highest BCUT2D eigenvalue weighted by Gasteiger charge is 2.23. The molecule has 5 nitrogen and oxygen atoms in total. The molecule has 0 saturated carbocycles. The molecular weight excluding hydrogens is 256 g/mol. The van der Waals surface area contributed by atoms with Gasteiger partial charge in [0, 0.05) is 12.0 Å². The summed E-state index contributed by atoms with van der Waals surface area (Å²) in [6, 6.07) is 0. The van der Waals surface area contributed by atoms with E-state index in [0.717, 1.165) is 38.8 Å². The van der Waals surface area contributed by atoms with E-state index >= 15 is 0 Å². The number of nitrogens with one attached hydrogen (secondary N) is 1. The van der Waals surface area contributed by atoms with Gasteiger partial charge in [-0.2, -0.15) is 0 Å². The Labute approximate surface area is 121 Å². The van der Waals surface area contributed by atoms with Crippen LogP contribution in [0.2, 0.25) is 0 Å². The average molecular weight is 284 g/mol. The molecule has 20 heavy (non-hydrogen) atoms. The van der Waals surface area contributed by atoms with Crippen LogP contribution in [0.5, 0.6) is 0 Å². The maximum Gasteiger partial charge on any atom is 0.303 e. The predicted octanol–water partition coefficient (Wildman–Crippen LogP) is 1.87. The standard InChI is InChI=1S/C15H28N2O3/c1-4-15(2,3)16-13(18)11-17-9-7-12(8-10-17)5-6-14(19)20/h12H,4-11H2,1-3H3,(H,16,18)(H,19,20). The first-order chi connectivity index (χ1) is 9.32. The number of hydrogen-bond donors (Lipinski definition) is 2. The average Bonchev–Trinajstić information content (AvgIpc) is 2.37. The number of amides is 1. The molecule has 1 saturated heterocycles. The molecule has 5 heteroatoms. The molecule has 0 aromatic heterocycles. The van der Waals surface area contributed by atoms with Crippen molar-refractivity contribution in [3.05, 3.63) is 0 Å². The van der Waals surface area contributed by atoms with Crippen LogP contribution in [0.4, 0.5) is 0 Å². The summed E-state index contributed by atoms with van der Waals surface area (Å²) in [5.41, 5.74) is -0.142. The first-order valence-electron chi connectivity index (χ1n) is 7.57. The van der Waals surface area contributed by atoms with E-state index in [4.69, 9.17) is 5.11 Å². The Morgan fingerprint density at radius 1 is 1.30 bits per heavy atom. The molecule has 1 rings (SSSR count). The second-order valence-electron chi connectivity index (χ2n) is 6.44. The molecule has 1 aliphatic heterocycles. The molecule has 0 atom stereocenters. The number of aliphatic carboxylic acids is 1. The Kier molecular flexibility index (Phi) is 6.46. The summed E-state index contributed by atoms with van der Waals surface area (Å²) >= 11 is 0. The van der Waals surface area contributed by atoms with Crippen molar-refractivity contribution in [2.75, 3.05) is 19.6 Å². The van der Waals surface area contributed by atoms with Crippen LogP contribution >= 0.6 is 0 Å². The maximum absolute atomic E-state index is 12.0. The molecule has 1 aliphatic rings. The SMILES string of the molecule is CCC(C)(C)NC(=O)CN1CCC(CCC(=O)O)CC1. The van der Waals surface area contributed by atoms with Gasteiger partial charge in [-0.25, -0.2) is 0 Å². The molecule has 0 bridgehead atoms. The monoisotopic (exact) mass is 284 g/mol. The van der Waals surface area contributed by atoms with E-state index in [-0.39, 0.29) is 17.9 Å². The third-order valence-electron chi connectivity index (χ3n) is 4.20. The van der Waals surface area contributed by atoms with Crippen LogP contribution in [-0.4, -0.2) is 47.1 Å². The fourth-order valence-corrected chi connectivity index (χ4v) is 2.47. The van der Waals surface area contributed by atoms with Gasteiger partial charge in [0.05, 0.1) is 6.54 Å². The Morgan fingerprint density at radius 2 is 1.90 bits per heavy atom. The highest BCUT2D eigenvalue weighted by molar-refractivity contribution is 5.78. The van der Waals surface area contributed by atoms with E-state index in [1.54, 1.807) is 0 Å². The summed E-state index contributed by atoms with van der Waals surface area (Å²) in [4.78, 5) is 24.7. The van der Waals surface area contributed by atoms with Gasteiger partial charge in [0.1, 0.15) is 0 Å². The van der Waals surface area contributed by atoms with Crippen LogP contribution in [0.25, 0.3) is 0 Å². The van der Waals surface area contributed by atoms with Crippen molar-refractivity contribution in [3.63, 3.8) is 0 Å². The summed E-state index contributed by atoms with van der Waals surface area (Å²) in [7, 11) is 0. The molecule has 116 valence electrons. The summed E-state index contributed by atoms with van der Waals surface area (Å²) in [5.74, 6) is -0.132. The van der Waals surface area contributed by atoms with Gasteiger partial charge in [0.15, 0.2) is 0 Å². The fourth-order valence-electron chi connectivity index (χ4n) is 2.47. The third-order valence-corrected chi connectivity index (χ3v) is 4.20. The zero-order valence-corrected chi connectivity index (χ0v) is 12.9. The van der Waals surface area contributed by atoms with Crippen LogP contribution < -0.4 is 5.32 Å². The Hall–Kier alpha value is -1.10. The van der Waals surface area contributed by atoms with Gasteiger partial charge in [0.2, 0.25) is 5.91 Å². The van der Waals surface area contributed by atoms with E-state index in [2.05, 4.69) is 17.1 Å². The molecule has 0 radical (unpaired) electrons. The summed E-state index contributed by atoms with van der Waals surface area (Å²) in [6.07, 6.45) is 3.93. The molecule has 2 N–H and O–H groups in total. The lowest BCUT2D eigenvalue weighted by Gasteiger charge is -2.32. The minimum absolute atomic E-state index is 0.0841. The van der Waals surface area contributed by atoms with Gasteiger partial charge in [-0.3, -0.25) is 14.5 Å². The topological polar surface area (TPSA) is 69.6 Å². The summed E-state index contributed by atoms with van der Waals surface area (Å²) < 4.78 is 0. The number of carboxylic acid groups (broad SMARTS) is 1. The second-order valence-corrected chi connectivity index (χ2v) is 6.44. The number of likely N-dealkylation sites (tertiary alicyclic amines) is 1. The third kappa shape index (κ3) is 6.37. The number of hydrogen-bond acceptors (Lipinski definition) is 3. The number of carboxylic acids is 1. The van der Waals surface area contributed by atoms with Crippen LogP contribution in [0.15, 0.2) is 0 Å². The Bertz CT molecular complexity index is 334. The van der Waals surface area contributed by atoms with Crippen molar-refractivity contribution in [2.45, 2.75) is 58.4 Å². The molecular formula is C15H28N2O3. The van der Waals surface area contributed by atoms with Gasteiger partial charge < -0.3 is 10.4 Å². The zero-order chi connectivity index (χ0) is 15.2. The molecule has 0 spiro atoms. The number of piperidine rings is 1. The van der Waals surface area contributed by atoms with E-state index in [9.17, 15) is 9.59 Å². The van der Waals surface area contributed by atoms with E-state index in [1.807, 2.05) is 13.8 Å². The maximum atomic E-state index is 12.0. The number of carbonyl (C=O) groups is 2. The molecule has 0 unspecified atom stereocenters. The van der Waals surface area contributed by atoms with E-state index < -0.39 is 5.97 Å². The highest BCUT2D eigenvalue weighted by Crippen LogP contribution is 2.21. The Morgan fingerprint density at radius 3 is 2.40 bits per heavy atom. The summed E-state index contributed by atoms with van der Waals surface area (Å²) in [6.45, 7) is 8.36. The number of carbonyl (C=O) groups excluding carboxylic acids is 1. The summed E-state index contributed by atoms with van der Waals surface area (Å²) in [5, 5.41) is 11.7. The van der Waals surface area contributed by atoms with Crippen molar-refractivity contribution in [3.8, 4) is 0 Å². The van der Waals surface area contributed by atoms with Gasteiger partial charge in [-0.15, -0.1) is 0 Å². The first-order valence-corrected chi connectivity index (χ1v) is 7.57. The van der Waals surface area contributed by atoms with Crippen LogP contribution in [0.1, 0.15) is 52.9 Å². The van der Waals surface area contributed by atoms with Crippen molar-refractivity contribution in [1.82, 2.24) is 10.2 Å². The molecule has 1 fully saturated rings. The lowest BCUT2D eigenvalue weighted by atomic mass is 9.92. The fraction of sp³-hybridized carbons (Fsp3) is 0.867. The highest BCUT2D eigenvalue weighted by atomic mass is 16.4. The van der Waals surface area contributed by atoms with E-state index in [1.165, 1.54) is 0 Å². The Balaban J connectivity index is 2.25. The van der Waals surface area contributed by atoms with Gasteiger partial charge >= 0.3 is 5.97 Å². The smallest absolute Gasteiger partial charge is 0.303 e. The lowest BCUT2D eigenvalue weighted by molar-refractivity contribution is -0.137. The van der Waals surface area contributed by atoms with Gasteiger partial charge in [-0.1, -0.05) is 6.92 Å². The van der Waals surface area contributed by atoms with Gasteiger partial charge in [-0.05, 0) is 58.5 Å². The minimum atomic E-state index is -0.714. The molecule has 0 aromatic rings. The number of nitrogens with zero attached hydrogens (tertiary/aromatic N) is 1.